The third kappa shape index (κ3) is 4.83. The predicted molar refractivity (Wildman–Crippen MR) is 118 cm³/mol. The second-order valence-electron chi connectivity index (χ2n) is 6.64. The first-order chi connectivity index (χ1) is 15.0. The number of cyclic esters (lactones) is 1. The van der Waals surface area contributed by atoms with E-state index in [0.29, 0.717) is 23.7 Å². The van der Waals surface area contributed by atoms with Crippen molar-refractivity contribution in [2.75, 3.05) is 7.11 Å². The first-order valence-corrected chi connectivity index (χ1v) is 10.2. The monoisotopic (exact) mass is 481 g/mol. The van der Waals surface area contributed by atoms with Crippen LogP contribution in [0.4, 0.5) is 4.39 Å². The van der Waals surface area contributed by atoms with E-state index in [-0.39, 0.29) is 17.2 Å². The van der Waals surface area contributed by atoms with Crippen LogP contribution in [0.5, 0.6) is 11.5 Å². The Morgan fingerprint density at radius 2 is 1.84 bits per heavy atom. The van der Waals surface area contributed by atoms with Gasteiger partial charge in [-0.1, -0.05) is 46.3 Å². The average Bonchev–Trinajstić information content (AvgIpc) is 3.14. The summed E-state index contributed by atoms with van der Waals surface area (Å²) in [5, 5.41) is 0. The van der Waals surface area contributed by atoms with Crippen molar-refractivity contribution >= 4 is 33.9 Å². The van der Waals surface area contributed by atoms with Gasteiger partial charge < -0.3 is 14.2 Å². The summed E-state index contributed by atoms with van der Waals surface area (Å²) in [7, 11) is 1.54. The van der Waals surface area contributed by atoms with E-state index in [1.165, 1.54) is 19.2 Å². The van der Waals surface area contributed by atoms with Gasteiger partial charge >= 0.3 is 5.97 Å². The number of rotatable bonds is 6. The Morgan fingerprint density at radius 3 is 2.58 bits per heavy atom. The zero-order valence-electron chi connectivity index (χ0n) is 16.5. The number of aliphatic imine (C=N–C) groups is 1. The van der Waals surface area contributed by atoms with Crippen LogP contribution in [0.1, 0.15) is 16.7 Å². The van der Waals surface area contributed by atoms with Crippen LogP contribution in [0.2, 0.25) is 0 Å². The first-order valence-electron chi connectivity index (χ1n) is 9.36. The van der Waals surface area contributed by atoms with Gasteiger partial charge in [0.25, 0.3) is 0 Å². The molecule has 1 aliphatic rings. The molecule has 4 rings (SSSR count). The number of hydrogen-bond acceptors (Lipinski definition) is 5. The molecule has 0 saturated heterocycles. The number of methoxy groups -OCH3 is 1. The summed E-state index contributed by atoms with van der Waals surface area (Å²) in [6.07, 6.45) is 1.55. The van der Waals surface area contributed by atoms with Gasteiger partial charge in [-0.15, -0.1) is 0 Å². The van der Waals surface area contributed by atoms with Gasteiger partial charge in [-0.3, -0.25) is 0 Å². The standard InChI is InChI=1S/C24H17BrFNO4/c1-29-22-13-16(8-11-21(22)30-14-15-6-9-17(25)10-7-15)12-20-24(28)31-23(27-20)18-4-2-3-5-19(18)26/h2-13H,14H2,1H3/b20-12-. The molecule has 3 aromatic rings. The number of carbonyl (C=O) groups excluding carboxylic acids is 1. The molecule has 0 unspecified atom stereocenters. The third-order valence-corrected chi connectivity index (χ3v) is 5.05. The lowest BCUT2D eigenvalue weighted by Crippen LogP contribution is -2.07. The normalized spacial score (nSPS) is 14.4. The zero-order valence-corrected chi connectivity index (χ0v) is 18.1. The Labute approximate surface area is 186 Å². The molecule has 5 nitrogen and oxygen atoms in total. The van der Waals surface area contributed by atoms with E-state index in [1.54, 1.807) is 36.4 Å². The number of benzene rings is 3. The van der Waals surface area contributed by atoms with Crippen molar-refractivity contribution < 1.29 is 23.4 Å². The van der Waals surface area contributed by atoms with Gasteiger partial charge in [0.2, 0.25) is 5.90 Å². The molecule has 31 heavy (non-hydrogen) atoms. The molecule has 0 radical (unpaired) electrons. The molecule has 0 aromatic heterocycles. The predicted octanol–water partition coefficient (Wildman–Crippen LogP) is 5.52. The van der Waals surface area contributed by atoms with Crippen LogP contribution < -0.4 is 9.47 Å². The van der Waals surface area contributed by atoms with E-state index in [4.69, 9.17) is 14.2 Å². The Balaban J connectivity index is 1.54. The van der Waals surface area contributed by atoms with E-state index in [1.807, 2.05) is 24.3 Å². The van der Waals surface area contributed by atoms with E-state index in [9.17, 15) is 9.18 Å². The topological polar surface area (TPSA) is 57.1 Å². The number of hydrogen-bond donors (Lipinski definition) is 0. The molecule has 0 aliphatic carbocycles. The lowest BCUT2D eigenvalue weighted by Gasteiger charge is -2.11. The number of carbonyl (C=O) groups is 1. The first kappa shape index (κ1) is 20.8. The molecular formula is C24H17BrFNO4. The molecule has 0 saturated carbocycles. The lowest BCUT2D eigenvalue weighted by atomic mass is 10.1. The highest BCUT2D eigenvalue weighted by molar-refractivity contribution is 9.10. The van der Waals surface area contributed by atoms with E-state index in [0.717, 1.165) is 10.0 Å². The molecule has 0 amide bonds. The average molecular weight is 482 g/mol. The van der Waals surface area contributed by atoms with Gasteiger partial charge in [0.1, 0.15) is 12.4 Å². The molecule has 0 bridgehead atoms. The Bertz CT molecular complexity index is 1190. The number of halogens is 2. The van der Waals surface area contributed by atoms with Crippen molar-refractivity contribution in [3.8, 4) is 11.5 Å². The molecule has 0 N–H and O–H groups in total. The Morgan fingerprint density at radius 1 is 1.06 bits per heavy atom. The minimum absolute atomic E-state index is 0.0595. The van der Waals surface area contributed by atoms with Gasteiger partial charge in [0.05, 0.1) is 12.7 Å². The molecule has 0 spiro atoms. The van der Waals surface area contributed by atoms with Crippen LogP contribution in [0.25, 0.3) is 6.08 Å². The molecule has 0 atom stereocenters. The van der Waals surface area contributed by atoms with Crippen molar-refractivity contribution in [3.05, 3.63) is 99.4 Å². The fourth-order valence-electron chi connectivity index (χ4n) is 2.95. The molecule has 0 fully saturated rings. The quantitative estimate of drug-likeness (QED) is 0.343. The fourth-order valence-corrected chi connectivity index (χ4v) is 3.22. The van der Waals surface area contributed by atoms with Crippen molar-refractivity contribution in [1.82, 2.24) is 0 Å². The summed E-state index contributed by atoms with van der Waals surface area (Å²) >= 11 is 3.41. The second kappa shape index (κ2) is 9.14. The summed E-state index contributed by atoms with van der Waals surface area (Å²) in [6, 6.07) is 19.1. The summed E-state index contributed by atoms with van der Waals surface area (Å²) in [5.74, 6) is -0.138. The minimum atomic E-state index is -0.646. The maximum absolute atomic E-state index is 14.0. The van der Waals surface area contributed by atoms with E-state index < -0.39 is 11.8 Å². The van der Waals surface area contributed by atoms with Gasteiger partial charge in [0, 0.05) is 4.47 Å². The molecule has 156 valence electrons. The van der Waals surface area contributed by atoms with Crippen LogP contribution in [0.3, 0.4) is 0 Å². The summed E-state index contributed by atoms with van der Waals surface area (Å²) in [5.41, 5.74) is 1.89. The van der Waals surface area contributed by atoms with Crippen LogP contribution in [0.15, 0.2) is 81.9 Å². The second-order valence-corrected chi connectivity index (χ2v) is 7.56. The summed E-state index contributed by atoms with van der Waals surface area (Å²) in [6.45, 7) is 0.382. The van der Waals surface area contributed by atoms with Crippen molar-refractivity contribution in [2.45, 2.75) is 6.61 Å². The summed E-state index contributed by atoms with van der Waals surface area (Å²) in [4.78, 5) is 16.3. The van der Waals surface area contributed by atoms with Crippen molar-refractivity contribution in [3.63, 3.8) is 0 Å². The number of esters is 1. The zero-order chi connectivity index (χ0) is 21.8. The minimum Gasteiger partial charge on any atom is -0.493 e. The smallest absolute Gasteiger partial charge is 0.363 e. The third-order valence-electron chi connectivity index (χ3n) is 4.52. The number of ether oxygens (including phenoxy) is 3. The fraction of sp³-hybridized carbons (Fsp3) is 0.0833. The maximum Gasteiger partial charge on any atom is 0.363 e. The van der Waals surface area contributed by atoms with Crippen LogP contribution in [0, 0.1) is 5.82 Å². The van der Waals surface area contributed by atoms with Gasteiger partial charge in [-0.05, 0) is 53.6 Å². The Hall–Kier alpha value is -3.45. The van der Waals surface area contributed by atoms with Crippen LogP contribution in [-0.4, -0.2) is 19.0 Å². The highest BCUT2D eigenvalue weighted by atomic mass is 79.9. The van der Waals surface area contributed by atoms with Gasteiger partial charge in [-0.25, -0.2) is 14.2 Å². The molecular weight excluding hydrogens is 465 g/mol. The van der Waals surface area contributed by atoms with Crippen molar-refractivity contribution in [2.24, 2.45) is 4.99 Å². The van der Waals surface area contributed by atoms with Gasteiger partial charge in [0.15, 0.2) is 17.2 Å². The van der Waals surface area contributed by atoms with E-state index in [2.05, 4.69) is 20.9 Å². The molecule has 1 heterocycles. The summed E-state index contributed by atoms with van der Waals surface area (Å²) < 4.78 is 31.4. The SMILES string of the molecule is COc1cc(/C=C2\N=C(c3ccccc3F)OC2=O)ccc1OCc1ccc(Br)cc1. The highest BCUT2D eigenvalue weighted by Crippen LogP contribution is 2.30. The lowest BCUT2D eigenvalue weighted by molar-refractivity contribution is -0.129. The van der Waals surface area contributed by atoms with E-state index >= 15 is 0 Å². The van der Waals surface area contributed by atoms with Crippen LogP contribution in [-0.2, 0) is 16.1 Å². The van der Waals surface area contributed by atoms with Crippen LogP contribution >= 0.6 is 15.9 Å². The van der Waals surface area contributed by atoms with Gasteiger partial charge in [-0.2, -0.15) is 0 Å². The Kier molecular flexibility index (Phi) is 6.13. The molecule has 3 aromatic carbocycles. The molecule has 7 heteroatoms. The highest BCUT2D eigenvalue weighted by Gasteiger charge is 2.26. The number of nitrogens with zero attached hydrogens (tertiary/aromatic N) is 1. The maximum atomic E-state index is 14.0. The largest absolute Gasteiger partial charge is 0.493 e. The molecule has 1 aliphatic heterocycles. The van der Waals surface area contributed by atoms with Crippen molar-refractivity contribution in [1.29, 1.82) is 0 Å².